The van der Waals surface area contributed by atoms with Crippen LogP contribution < -0.4 is 10.5 Å². The monoisotopic (exact) mass is 263 g/mol. The Labute approximate surface area is 118 Å². The molecule has 0 heterocycles. The van der Waals surface area contributed by atoms with Gasteiger partial charge in [0.1, 0.15) is 5.75 Å². The molecule has 1 aromatic carbocycles. The van der Waals surface area contributed by atoms with Crippen LogP contribution in [-0.2, 0) is 0 Å². The lowest BCUT2D eigenvalue weighted by Crippen LogP contribution is -2.09. The van der Waals surface area contributed by atoms with E-state index in [1.807, 2.05) is 0 Å². The summed E-state index contributed by atoms with van der Waals surface area (Å²) < 4.78 is 5.97. The second-order valence-electron chi connectivity index (χ2n) is 5.66. The summed E-state index contributed by atoms with van der Waals surface area (Å²) in [6.07, 6.45) is 4.66. The fourth-order valence-electron chi connectivity index (χ4n) is 2.37. The maximum absolute atomic E-state index is 5.97. The van der Waals surface area contributed by atoms with Crippen LogP contribution in [0.3, 0.4) is 0 Å². The van der Waals surface area contributed by atoms with Gasteiger partial charge in [-0.05, 0) is 49.3 Å². The summed E-state index contributed by atoms with van der Waals surface area (Å²) in [6.45, 7) is 8.16. The highest BCUT2D eigenvalue weighted by Gasteiger charge is 2.15. The number of ether oxygens (including phenoxy) is 1. The van der Waals surface area contributed by atoms with Gasteiger partial charge < -0.3 is 10.5 Å². The van der Waals surface area contributed by atoms with Crippen LogP contribution in [0.25, 0.3) is 0 Å². The van der Waals surface area contributed by atoms with Crippen molar-refractivity contribution in [3.05, 3.63) is 29.8 Å². The lowest BCUT2D eigenvalue weighted by Gasteiger charge is -2.20. The van der Waals surface area contributed by atoms with Gasteiger partial charge in [-0.2, -0.15) is 0 Å². The van der Waals surface area contributed by atoms with E-state index in [1.54, 1.807) is 0 Å². The number of para-hydroxylation sites is 1. The Morgan fingerprint density at radius 3 is 2.53 bits per heavy atom. The van der Waals surface area contributed by atoms with E-state index in [0.717, 1.165) is 31.7 Å². The lowest BCUT2D eigenvalue weighted by molar-refractivity contribution is 0.266. The highest BCUT2D eigenvalue weighted by Crippen LogP contribution is 2.33. The van der Waals surface area contributed by atoms with Crippen molar-refractivity contribution >= 4 is 0 Å². The molecule has 0 fully saturated rings. The molecule has 0 spiro atoms. The predicted octanol–water partition coefficient (Wildman–Crippen LogP) is 4.34. The molecule has 0 saturated heterocycles. The quantitative estimate of drug-likeness (QED) is 0.719. The first-order valence-electron chi connectivity index (χ1n) is 7.60. The van der Waals surface area contributed by atoms with E-state index in [4.69, 9.17) is 10.5 Å². The molecule has 2 heteroatoms. The highest BCUT2D eigenvalue weighted by atomic mass is 16.5. The van der Waals surface area contributed by atoms with Crippen molar-refractivity contribution in [3.63, 3.8) is 0 Å². The molecule has 2 N–H and O–H groups in total. The third kappa shape index (κ3) is 5.65. The van der Waals surface area contributed by atoms with Gasteiger partial charge in [-0.1, -0.05) is 45.4 Å². The van der Waals surface area contributed by atoms with Crippen LogP contribution in [0, 0.1) is 5.92 Å². The third-order valence-corrected chi connectivity index (χ3v) is 3.32. The molecule has 1 atom stereocenters. The summed E-state index contributed by atoms with van der Waals surface area (Å²) in [7, 11) is 0. The first-order valence-corrected chi connectivity index (χ1v) is 7.60. The van der Waals surface area contributed by atoms with E-state index in [1.165, 1.54) is 18.4 Å². The minimum atomic E-state index is 0.557. The second kappa shape index (κ2) is 8.98. The van der Waals surface area contributed by atoms with Gasteiger partial charge in [0.15, 0.2) is 0 Å². The smallest absolute Gasteiger partial charge is 0.122 e. The van der Waals surface area contributed by atoms with Crippen LogP contribution in [-0.4, -0.2) is 13.2 Å². The van der Waals surface area contributed by atoms with Crippen LogP contribution in [0.4, 0.5) is 0 Å². The summed E-state index contributed by atoms with van der Waals surface area (Å²) in [4.78, 5) is 0. The molecular formula is C17H29NO. The van der Waals surface area contributed by atoms with Crippen molar-refractivity contribution in [1.82, 2.24) is 0 Å². The molecule has 108 valence electrons. The van der Waals surface area contributed by atoms with Crippen LogP contribution in [0.15, 0.2) is 24.3 Å². The van der Waals surface area contributed by atoms with Crippen molar-refractivity contribution in [2.75, 3.05) is 13.2 Å². The minimum absolute atomic E-state index is 0.557. The van der Waals surface area contributed by atoms with Gasteiger partial charge in [-0.15, -0.1) is 0 Å². The van der Waals surface area contributed by atoms with Crippen molar-refractivity contribution in [2.24, 2.45) is 11.7 Å². The van der Waals surface area contributed by atoms with E-state index < -0.39 is 0 Å². The maximum Gasteiger partial charge on any atom is 0.122 e. The average Bonchev–Trinajstić information content (AvgIpc) is 2.41. The average molecular weight is 263 g/mol. The van der Waals surface area contributed by atoms with Crippen molar-refractivity contribution in [2.45, 2.75) is 52.4 Å². The Kier molecular flexibility index (Phi) is 7.57. The van der Waals surface area contributed by atoms with Crippen LogP contribution in [0.5, 0.6) is 5.75 Å². The summed E-state index contributed by atoms with van der Waals surface area (Å²) in [5.74, 6) is 2.20. The first kappa shape index (κ1) is 16.0. The number of nitrogens with two attached hydrogens (primary N) is 1. The van der Waals surface area contributed by atoms with Gasteiger partial charge in [0, 0.05) is 0 Å². The van der Waals surface area contributed by atoms with Gasteiger partial charge in [-0.25, -0.2) is 0 Å². The summed E-state index contributed by atoms with van der Waals surface area (Å²) in [6, 6.07) is 8.49. The number of benzene rings is 1. The Hall–Kier alpha value is -1.02. The van der Waals surface area contributed by atoms with Crippen molar-refractivity contribution in [3.8, 4) is 5.75 Å². The molecule has 1 rings (SSSR count). The number of hydrogen-bond donors (Lipinski definition) is 1. The highest BCUT2D eigenvalue weighted by molar-refractivity contribution is 5.36. The van der Waals surface area contributed by atoms with E-state index in [0.29, 0.717) is 11.8 Å². The van der Waals surface area contributed by atoms with E-state index in [2.05, 4.69) is 45.0 Å². The zero-order valence-electron chi connectivity index (χ0n) is 12.7. The first-order chi connectivity index (χ1) is 9.19. The minimum Gasteiger partial charge on any atom is -0.493 e. The molecule has 0 amide bonds. The van der Waals surface area contributed by atoms with Crippen LogP contribution in [0.1, 0.15) is 57.9 Å². The molecule has 2 nitrogen and oxygen atoms in total. The standard InChI is InChI=1S/C17H29NO/c1-4-8-15(9-7-12-18)16-10-5-6-11-17(16)19-13-14(2)3/h5-6,10-11,14-15H,4,7-9,12-13,18H2,1-3H3. The van der Waals surface area contributed by atoms with Gasteiger partial charge in [0.25, 0.3) is 0 Å². The molecule has 0 aliphatic carbocycles. The van der Waals surface area contributed by atoms with Gasteiger partial charge in [0.2, 0.25) is 0 Å². The predicted molar refractivity (Wildman–Crippen MR) is 82.7 cm³/mol. The lowest BCUT2D eigenvalue weighted by atomic mass is 9.89. The molecule has 19 heavy (non-hydrogen) atoms. The van der Waals surface area contributed by atoms with E-state index in [-0.39, 0.29) is 0 Å². The molecule has 0 aliphatic rings. The summed E-state index contributed by atoms with van der Waals surface area (Å²) in [5, 5.41) is 0. The Bertz CT molecular complexity index is 349. The van der Waals surface area contributed by atoms with Gasteiger partial charge in [0.05, 0.1) is 6.61 Å². The number of hydrogen-bond acceptors (Lipinski definition) is 2. The molecule has 0 radical (unpaired) electrons. The molecule has 0 aromatic heterocycles. The van der Waals surface area contributed by atoms with Crippen molar-refractivity contribution < 1.29 is 4.74 Å². The summed E-state index contributed by atoms with van der Waals surface area (Å²) in [5.41, 5.74) is 7.02. The zero-order chi connectivity index (χ0) is 14.1. The summed E-state index contributed by atoms with van der Waals surface area (Å²) >= 11 is 0. The fraction of sp³-hybridized carbons (Fsp3) is 0.647. The largest absolute Gasteiger partial charge is 0.493 e. The third-order valence-electron chi connectivity index (χ3n) is 3.32. The van der Waals surface area contributed by atoms with Gasteiger partial charge in [-0.3, -0.25) is 0 Å². The Balaban J connectivity index is 2.81. The number of rotatable bonds is 9. The van der Waals surface area contributed by atoms with Crippen molar-refractivity contribution in [1.29, 1.82) is 0 Å². The Morgan fingerprint density at radius 2 is 1.89 bits per heavy atom. The van der Waals surface area contributed by atoms with Crippen LogP contribution in [0.2, 0.25) is 0 Å². The molecular weight excluding hydrogens is 234 g/mol. The van der Waals surface area contributed by atoms with E-state index >= 15 is 0 Å². The molecule has 1 unspecified atom stereocenters. The maximum atomic E-state index is 5.97. The topological polar surface area (TPSA) is 35.2 Å². The normalized spacial score (nSPS) is 12.7. The van der Waals surface area contributed by atoms with E-state index in [9.17, 15) is 0 Å². The molecule has 0 bridgehead atoms. The van der Waals surface area contributed by atoms with Crippen LogP contribution >= 0.6 is 0 Å². The second-order valence-corrected chi connectivity index (χ2v) is 5.66. The SMILES string of the molecule is CCCC(CCCN)c1ccccc1OCC(C)C. The fourth-order valence-corrected chi connectivity index (χ4v) is 2.37. The Morgan fingerprint density at radius 1 is 1.16 bits per heavy atom. The molecule has 0 aliphatic heterocycles. The molecule has 0 saturated carbocycles. The molecule has 1 aromatic rings. The zero-order valence-corrected chi connectivity index (χ0v) is 12.7. The van der Waals surface area contributed by atoms with Gasteiger partial charge >= 0.3 is 0 Å².